The van der Waals surface area contributed by atoms with Crippen molar-refractivity contribution >= 4 is 15.8 Å². The van der Waals surface area contributed by atoms with Crippen LogP contribution in [-0.2, 0) is 20.8 Å². The highest BCUT2D eigenvalue weighted by Gasteiger charge is 2.28. The Morgan fingerprint density at radius 1 is 0.625 bits per heavy atom. The molecule has 0 unspecified atom stereocenters. The van der Waals surface area contributed by atoms with Gasteiger partial charge in [-0.15, -0.1) is 0 Å². The molecular formula is C33H41NO5S. The van der Waals surface area contributed by atoms with E-state index >= 15 is 0 Å². The van der Waals surface area contributed by atoms with E-state index in [1.807, 2.05) is 48.5 Å². The van der Waals surface area contributed by atoms with E-state index in [-0.39, 0.29) is 4.90 Å². The summed E-state index contributed by atoms with van der Waals surface area (Å²) in [7, 11) is -0.861. The topological polar surface area (TPSA) is 74.2 Å². The molecule has 1 aliphatic carbocycles. The first kappa shape index (κ1) is 29.7. The molecule has 1 aliphatic rings. The molecule has 0 heterocycles. The number of benzene rings is 3. The van der Waals surface area contributed by atoms with E-state index in [0.717, 1.165) is 40.7 Å². The van der Waals surface area contributed by atoms with Crippen LogP contribution in [0.2, 0.25) is 0 Å². The van der Waals surface area contributed by atoms with Crippen molar-refractivity contribution in [2.75, 3.05) is 14.2 Å². The zero-order valence-corrected chi connectivity index (χ0v) is 24.8. The Labute approximate surface area is 239 Å². The summed E-state index contributed by atoms with van der Waals surface area (Å²) in [6.45, 7) is 2.25. The lowest BCUT2D eigenvalue weighted by Gasteiger charge is -2.07. The minimum atomic E-state index is -4.08. The number of aryl methyl sites for hydroxylation is 1. The Hall–Kier alpha value is -3.32. The van der Waals surface area contributed by atoms with Crippen LogP contribution in [0.4, 0.5) is 0 Å². The van der Waals surface area contributed by atoms with Gasteiger partial charge in [0, 0.05) is 11.1 Å². The van der Waals surface area contributed by atoms with Crippen molar-refractivity contribution in [3.05, 3.63) is 77.4 Å². The Kier molecular flexibility index (Phi) is 10.6. The van der Waals surface area contributed by atoms with Crippen LogP contribution in [0, 0.1) is 0 Å². The summed E-state index contributed by atoms with van der Waals surface area (Å²) in [5, 5.41) is 4.14. The van der Waals surface area contributed by atoms with Gasteiger partial charge in [-0.05, 0) is 78.1 Å². The summed E-state index contributed by atoms with van der Waals surface area (Å²) in [5.41, 5.74) is 4.88. The second-order valence-electron chi connectivity index (χ2n) is 10.4. The molecule has 7 heteroatoms. The first-order valence-electron chi connectivity index (χ1n) is 14.4. The molecular weight excluding hydrogens is 522 g/mol. The fraction of sp³-hybridized carbons (Fsp3) is 0.424. The van der Waals surface area contributed by atoms with Gasteiger partial charge in [-0.2, -0.15) is 8.42 Å². The Morgan fingerprint density at radius 2 is 1.12 bits per heavy atom. The second kappa shape index (κ2) is 14.4. The number of unbranched alkanes of at least 4 members (excludes halogenated alkanes) is 9. The maximum atomic E-state index is 13.0. The number of hydrogen-bond acceptors (Lipinski definition) is 6. The average molecular weight is 564 g/mol. The normalized spacial score (nSPS) is 12.1. The number of oxime groups is 1. The van der Waals surface area contributed by atoms with E-state index in [1.54, 1.807) is 26.4 Å². The lowest BCUT2D eigenvalue weighted by Crippen LogP contribution is -2.06. The van der Waals surface area contributed by atoms with Gasteiger partial charge in [-0.3, -0.25) is 4.28 Å². The number of fused-ring (bicyclic) bond motifs is 3. The summed E-state index contributed by atoms with van der Waals surface area (Å²) in [6, 6.07) is 18.1. The molecule has 0 aromatic heterocycles. The molecule has 6 nitrogen and oxygen atoms in total. The summed E-state index contributed by atoms with van der Waals surface area (Å²) in [4.78, 5) is 0.0894. The van der Waals surface area contributed by atoms with Gasteiger partial charge in [0.25, 0.3) is 0 Å². The minimum Gasteiger partial charge on any atom is -0.497 e. The van der Waals surface area contributed by atoms with Crippen LogP contribution in [-0.4, -0.2) is 28.3 Å². The zero-order valence-electron chi connectivity index (χ0n) is 23.9. The van der Waals surface area contributed by atoms with Crippen LogP contribution in [0.5, 0.6) is 11.5 Å². The van der Waals surface area contributed by atoms with Crippen LogP contribution in [0.3, 0.4) is 0 Å². The SMILES string of the molecule is CCCCCCCCCCCCc1ccc(S(=O)(=O)ON=C2c3ccc(OC)cc3-c3cc(OC)ccc32)cc1. The molecule has 214 valence electrons. The smallest absolute Gasteiger partial charge is 0.358 e. The summed E-state index contributed by atoms with van der Waals surface area (Å²) >= 11 is 0. The third-order valence-electron chi connectivity index (χ3n) is 7.51. The van der Waals surface area contributed by atoms with Crippen molar-refractivity contribution < 1.29 is 22.2 Å². The van der Waals surface area contributed by atoms with Crippen molar-refractivity contribution in [1.29, 1.82) is 0 Å². The van der Waals surface area contributed by atoms with E-state index < -0.39 is 10.1 Å². The molecule has 0 saturated carbocycles. The van der Waals surface area contributed by atoms with Crippen molar-refractivity contribution in [3.63, 3.8) is 0 Å². The molecule has 0 bridgehead atoms. The van der Waals surface area contributed by atoms with Gasteiger partial charge in [-0.1, -0.05) is 82.0 Å². The van der Waals surface area contributed by atoms with Gasteiger partial charge in [0.05, 0.1) is 14.2 Å². The molecule has 4 rings (SSSR count). The van der Waals surface area contributed by atoms with Gasteiger partial charge >= 0.3 is 10.1 Å². The molecule has 0 N–H and O–H groups in total. The number of methoxy groups -OCH3 is 2. The highest BCUT2D eigenvalue weighted by molar-refractivity contribution is 7.86. The van der Waals surface area contributed by atoms with E-state index in [2.05, 4.69) is 12.1 Å². The van der Waals surface area contributed by atoms with Crippen LogP contribution in [0.25, 0.3) is 11.1 Å². The van der Waals surface area contributed by atoms with E-state index in [0.29, 0.717) is 17.2 Å². The molecule has 40 heavy (non-hydrogen) atoms. The van der Waals surface area contributed by atoms with Gasteiger partial charge in [0.1, 0.15) is 22.1 Å². The third-order valence-corrected chi connectivity index (χ3v) is 8.63. The van der Waals surface area contributed by atoms with Crippen molar-refractivity contribution in [3.8, 4) is 22.6 Å². The van der Waals surface area contributed by atoms with E-state index in [1.165, 1.54) is 57.8 Å². The number of nitrogens with zero attached hydrogens (tertiary/aromatic N) is 1. The standard InChI is InChI=1S/C33H41NO5S/c1-4-5-6-7-8-9-10-11-12-13-14-25-15-19-28(20-16-25)40(35,36)39-34-33-29-21-17-26(37-2)23-31(29)32-24-27(38-3)18-22-30(32)33/h15-24H,4-14H2,1-3H3. The first-order chi connectivity index (χ1) is 19.5. The number of ether oxygens (including phenoxy) is 2. The summed E-state index contributed by atoms with van der Waals surface area (Å²) in [6.07, 6.45) is 13.9. The first-order valence-corrected chi connectivity index (χ1v) is 15.9. The maximum absolute atomic E-state index is 13.0. The zero-order chi connectivity index (χ0) is 28.4. The van der Waals surface area contributed by atoms with Gasteiger partial charge in [0.2, 0.25) is 0 Å². The molecule has 0 saturated heterocycles. The monoisotopic (exact) mass is 563 g/mol. The molecule has 3 aromatic carbocycles. The lowest BCUT2D eigenvalue weighted by atomic mass is 10.0. The predicted octanol–water partition coefficient (Wildman–Crippen LogP) is 8.31. The third kappa shape index (κ3) is 7.45. The van der Waals surface area contributed by atoms with Gasteiger partial charge in [0.15, 0.2) is 0 Å². The Morgan fingerprint density at radius 3 is 1.62 bits per heavy atom. The fourth-order valence-electron chi connectivity index (χ4n) is 5.17. The summed E-state index contributed by atoms with van der Waals surface area (Å²) in [5.74, 6) is 1.39. The van der Waals surface area contributed by atoms with Crippen molar-refractivity contribution in [1.82, 2.24) is 0 Å². The van der Waals surface area contributed by atoms with Crippen molar-refractivity contribution in [2.45, 2.75) is 82.4 Å². The highest BCUT2D eigenvalue weighted by atomic mass is 32.2. The average Bonchev–Trinajstić information content (AvgIpc) is 3.29. The lowest BCUT2D eigenvalue weighted by molar-refractivity contribution is 0.339. The molecule has 3 aromatic rings. The minimum absolute atomic E-state index is 0.0894. The predicted molar refractivity (Wildman–Crippen MR) is 161 cm³/mol. The fourth-order valence-corrected chi connectivity index (χ4v) is 5.90. The number of rotatable bonds is 16. The largest absolute Gasteiger partial charge is 0.497 e. The Bertz CT molecular complexity index is 1340. The van der Waals surface area contributed by atoms with Crippen LogP contribution in [0.1, 0.15) is 87.8 Å². The van der Waals surface area contributed by atoms with Crippen LogP contribution < -0.4 is 9.47 Å². The molecule has 0 amide bonds. The molecule has 0 atom stereocenters. The maximum Gasteiger partial charge on any atom is 0.358 e. The van der Waals surface area contributed by atoms with Crippen molar-refractivity contribution in [2.24, 2.45) is 5.16 Å². The van der Waals surface area contributed by atoms with E-state index in [9.17, 15) is 8.42 Å². The highest BCUT2D eigenvalue weighted by Crippen LogP contribution is 2.41. The van der Waals surface area contributed by atoms with Gasteiger partial charge < -0.3 is 9.47 Å². The number of hydrogen-bond donors (Lipinski definition) is 0. The molecule has 0 fully saturated rings. The molecule has 0 aliphatic heterocycles. The van der Waals surface area contributed by atoms with Crippen LogP contribution >= 0.6 is 0 Å². The molecule has 0 spiro atoms. The van der Waals surface area contributed by atoms with Gasteiger partial charge in [-0.25, -0.2) is 0 Å². The van der Waals surface area contributed by atoms with E-state index in [4.69, 9.17) is 13.8 Å². The molecule has 0 radical (unpaired) electrons. The Balaban J connectivity index is 1.35. The second-order valence-corrected chi connectivity index (χ2v) is 11.9. The quantitative estimate of drug-likeness (QED) is 0.101. The van der Waals surface area contributed by atoms with Crippen LogP contribution in [0.15, 0.2) is 70.7 Å². The summed E-state index contributed by atoms with van der Waals surface area (Å²) < 4.78 is 42.0.